The van der Waals surface area contributed by atoms with E-state index in [2.05, 4.69) is 16.6 Å². The number of nitriles is 1. The summed E-state index contributed by atoms with van der Waals surface area (Å²) < 4.78 is 19.1. The van der Waals surface area contributed by atoms with Gasteiger partial charge in [-0.05, 0) is 58.8 Å². The predicted molar refractivity (Wildman–Crippen MR) is 121 cm³/mol. The van der Waals surface area contributed by atoms with Gasteiger partial charge in [0.2, 0.25) is 0 Å². The van der Waals surface area contributed by atoms with Crippen LogP contribution >= 0.6 is 0 Å². The van der Waals surface area contributed by atoms with Gasteiger partial charge >= 0.3 is 0 Å². The lowest BCUT2D eigenvalue weighted by molar-refractivity contribution is 0.0955. The van der Waals surface area contributed by atoms with E-state index in [0.717, 1.165) is 16.3 Å². The Kier molecular flexibility index (Phi) is 6.19. The topological polar surface area (TPSA) is 74.5 Å². The Balaban J connectivity index is 1.58. The van der Waals surface area contributed by atoms with Crippen LogP contribution in [-0.2, 0) is 6.61 Å². The predicted octanol–water partition coefficient (Wildman–Crippen LogP) is 5.19. The normalized spacial score (nSPS) is 10.8. The van der Waals surface area contributed by atoms with E-state index in [1.165, 1.54) is 30.5 Å². The molecule has 0 aliphatic carbocycles. The molecule has 6 heteroatoms. The Morgan fingerprint density at radius 2 is 1.84 bits per heavy atom. The van der Waals surface area contributed by atoms with Crippen LogP contribution in [0.2, 0.25) is 0 Å². The highest BCUT2D eigenvalue weighted by atomic mass is 19.1. The molecule has 0 unspecified atom stereocenters. The van der Waals surface area contributed by atoms with Gasteiger partial charge in [0.1, 0.15) is 18.2 Å². The van der Waals surface area contributed by atoms with Crippen molar-refractivity contribution in [3.05, 3.63) is 113 Å². The summed E-state index contributed by atoms with van der Waals surface area (Å²) in [6.07, 6.45) is 1.53. The molecule has 4 rings (SSSR count). The largest absolute Gasteiger partial charge is 0.488 e. The molecule has 0 atom stereocenters. The van der Waals surface area contributed by atoms with Gasteiger partial charge in [0.05, 0.1) is 17.8 Å². The number of fused-ring (bicyclic) bond motifs is 1. The fourth-order valence-electron chi connectivity index (χ4n) is 3.25. The first-order valence-electron chi connectivity index (χ1n) is 9.86. The molecule has 5 nitrogen and oxygen atoms in total. The summed E-state index contributed by atoms with van der Waals surface area (Å²) in [6, 6.07) is 26.1. The second-order valence-electron chi connectivity index (χ2n) is 7.01. The number of rotatable bonds is 6. The van der Waals surface area contributed by atoms with Gasteiger partial charge in [-0.1, -0.05) is 42.5 Å². The standard InChI is InChI=1S/C26H18FN3O2/c27-22-11-8-21(9-12-22)26(31)30-29-16-24-23-7-2-1-6-20(23)10-13-25(24)32-17-19-5-3-4-18(14-19)15-28/h1-14,16H,17H2,(H,30,31)/b29-16-. The molecule has 156 valence electrons. The molecule has 4 aromatic carbocycles. The molecule has 0 aliphatic rings. The van der Waals surface area contributed by atoms with Crippen molar-refractivity contribution in [2.24, 2.45) is 5.10 Å². The Morgan fingerprint density at radius 1 is 1.03 bits per heavy atom. The molecule has 1 N–H and O–H groups in total. The number of benzene rings is 4. The Hall–Kier alpha value is -4.50. The molecule has 0 radical (unpaired) electrons. The summed E-state index contributed by atoms with van der Waals surface area (Å²) in [7, 11) is 0. The first-order valence-corrected chi connectivity index (χ1v) is 9.86. The lowest BCUT2D eigenvalue weighted by atomic mass is 10.0. The molecule has 0 saturated heterocycles. The van der Waals surface area contributed by atoms with Crippen LogP contribution < -0.4 is 10.2 Å². The van der Waals surface area contributed by atoms with Crippen molar-refractivity contribution in [2.75, 3.05) is 0 Å². The highest BCUT2D eigenvalue weighted by Gasteiger charge is 2.09. The Morgan fingerprint density at radius 3 is 2.66 bits per heavy atom. The molecule has 1 amide bonds. The second-order valence-corrected chi connectivity index (χ2v) is 7.01. The van der Waals surface area contributed by atoms with Crippen LogP contribution in [0.1, 0.15) is 27.0 Å². The van der Waals surface area contributed by atoms with Gasteiger partial charge in [-0.2, -0.15) is 10.4 Å². The van der Waals surface area contributed by atoms with Gasteiger partial charge in [-0.15, -0.1) is 0 Å². The zero-order chi connectivity index (χ0) is 22.3. The third-order valence-corrected chi connectivity index (χ3v) is 4.85. The van der Waals surface area contributed by atoms with E-state index in [1.807, 2.05) is 48.5 Å². The quantitative estimate of drug-likeness (QED) is 0.342. The van der Waals surface area contributed by atoms with Crippen LogP contribution in [0, 0.1) is 17.1 Å². The zero-order valence-electron chi connectivity index (χ0n) is 17.0. The van der Waals surface area contributed by atoms with Gasteiger partial charge in [0, 0.05) is 11.1 Å². The SMILES string of the molecule is N#Cc1cccc(COc2ccc3ccccc3c2/C=N\NC(=O)c2ccc(F)cc2)c1. The minimum absolute atomic E-state index is 0.274. The van der Waals surface area contributed by atoms with Gasteiger partial charge in [0.15, 0.2) is 0 Å². The van der Waals surface area contributed by atoms with E-state index < -0.39 is 11.7 Å². The maximum absolute atomic E-state index is 13.1. The average molecular weight is 423 g/mol. The van der Waals surface area contributed by atoms with Crippen LogP contribution in [0.3, 0.4) is 0 Å². The van der Waals surface area contributed by atoms with Gasteiger partial charge < -0.3 is 4.74 Å². The molecule has 4 aromatic rings. The maximum Gasteiger partial charge on any atom is 0.271 e. The molecule has 0 aromatic heterocycles. The van der Waals surface area contributed by atoms with E-state index in [0.29, 0.717) is 22.4 Å². The van der Waals surface area contributed by atoms with Crippen LogP contribution in [0.5, 0.6) is 5.75 Å². The molecular weight excluding hydrogens is 405 g/mol. The molecular formula is C26H18FN3O2. The number of hydrogen-bond acceptors (Lipinski definition) is 4. The van der Waals surface area contributed by atoms with Crippen LogP contribution in [0.4, 0.5) is 4.39 Å². The highest BCUT2D eigenvalue weighted by molar-refractivity contribution is 6.03. The molecule has 0 saturated carbocycles. The van der Waals surface area contributed by atoms with Crippen molar-refractivity contribution >= 4 is 22.9 Å². The van der Waals surface area contributed by atoms with Crippen LogP contribution in [0.15, 0.2) is 90.0 Å². The van der Waals surface area contributed by atoms with Gasteiger partial charge in [-0.3, -0.25) is 4.79 Å². The summed E-state index contributed by atoms with van der Waals surface area (Å²) in [6.45, 7) is 0.274. The second kappa shape index (κ2) is 9.54. The molecule has 0 spiro atoms. The lowest BCUT2D eigenvalue weighted by Gasteiger charge is -2.12. The number of carbonyl (C=O) groups excluding carboxylic acids is 1. The third-order valence-electron chi connectivity index (χ3n) is 4.85. The van der Waals surface area contributed by atoms with E-state index in [9.17, 15) is 9.18 Å². The maximum atomic E-state index is 13.1. The van der Waals surface area contributed by atoms with Crippen molar-refractivity contribution < 1.29 is 13.9 Å². The summed E-state index contributed by atoms with van der Waals surface area (Å²) in [5, 5.41) is 15.1. The number of nitrogens with one attached hydrogen (secondary N) is 1. The molecule has 0 heterocycles. The fraction of sp³-hybridized carbons (Fsp3) is 0.0385. The third kappa shape index (κ3) is 4.79. The molecule has 32 heavy (non-hydrogen) atoms. The van der Waals surface area contributed by atoms with E-state index in [-0.39, 0.29) is 6.61 Å². The van der Waals surface area contributed by atoms with Gasteiger partial charge in [-0.25, -0.2) is 9.82 Å². The minimum Gasteiger partial charge on any atom is -0.488 e. The number of hydrogen-bond donors (Lipinski definition) is 1. The average Bonchev–Trinajstić information content (AvgIpc) is 2.83. The van der Waals surface area contributed by atoms with Crippen molar-refractivity contribution in [2.45, 2.75) is 6.61 Å². The van der Waals surface area contributed by atoms with Crippen molar-refractivity contribution in [3.8, 4) is 11.8 Å². The van der Waals surface area contributed by atoms with Crippen molar-refractivity contribution in [1.29, 1.82) is 5.26 Å². The zero-order valence-corrected chi connectivity index (χ0v) is 17.0. The Bertz CT molecular complexity index is 1340. The van der Waals surface area contributed by atoms with Gasteiger partial charge in [0.25, 0.3) is 5.91 Å². The summed E-state index contributed by atoms with van der Waals surface area (Å²) in [5.74, 6) is -0.272. The smallest absolute Gasteiger partial charge is 0.271 e. The Labute approximate surface area is 184 Å². The first kappa shape index (κ1) is 20.8. The lowest BCUT2D eigenvalue weighted by Crippen LogP contribution is -2.17. The summed E-state index contributed by atoms with van der Waals surface area (Å²) in [5.41, 5.74) is 4.90. The number of hydrazone groups is 1. The molecule has 0 bridgehead atoms. The number of carbonyl (C=O) groups is 1. The monoisotopic (exact) mass is 423 g/mol. The summed E-state index contributed by atoms with van der Waals surface area (Å²) in [4.78, 5) is 12.3. The van der Waals surface area contributed by atoms with E-state index >= 15 is 0 Å². The first-order chi connectivity index (χ1) is 15.6. The molecule has 0 aliphatic heterocycles. The van der Waals surface area contributed by atoms with Crippen LogP contribution in [0.25, 0.3) is 10.8 Å². The molecule has 0 fully saturated rings. The van der Waals surface area contributed by atoms with Crippen molar-refractivity contribution in [1.82, 2.24) is 5.43 Å². The van der Waals surface area contributed by atoms with E-state index in [1.54, 1.807) is 12.1 Å². The van der Waals surface area contributed by atoms with Crippen LogP contribution in [-0.4, -0.2) is 12.1 Å². The van der Waals surface area contributed by atoms with E-state index in [4.69, 9.17) is 10.00 Å². The highest BCUT2D eigenvalue weighted by Crippen LogP contribution is 2.27. The number of amides is 1. The number of ether oxygens (including phenoxy) is 1. The fourth-order valence-corrected chi connectivity index (χ4v) is 3.25. The summed E-state index contributed by atoms with van der Waals surface area (Å²) >= 11 is 0. The van der Waals surface area contributed by atoms with Crippen molar-refractivity contribution in [3.63, 3.8) is 0 Å². The minimum atomic E-state index is -0.447. The number of halogens is 1. The number of nitrogens with zero attached hydrogens (tertiary/aromatic N) is 2.